The highest BCUT2D eigenvalue weighted by Crippen LogP contribution is 2.43. The number of rotatable bonds is 10. The van der Waals surface area contributed by atoms with Crippen LogP contribution in [0.1, 0.15) is 77.1 Å². The van der Waals surface area contributed by atoms with Crippen molar-refractivity contribution in [2.75, 3.05) is 37.7 Å². The number of fused-ring (bicyclic) bond motifs is 2. The van der Waals surface area contributed by atoms with Gasteiger partial charge in [0.1, 0.15) is 11.1 Å². The number of amides is 1. The third-order valence-electron chi connectivity index (χ3n) is 13.2. The fourth-order valence-electron chi connectivity index (χ4n) is 9.59. The molecular formula is C50H59N7O7S. The summed E-state index contributed by atoms with van der Waals surface area (Å²) in [5.74, 6) is 0.547. The van der Waals surface area contributed by atoms with Crippen LogP contribution in [0.4, 0.5) is 10.7 Å². The van der Waals surface area contributed by atoms with Gasteiger partial charge in [0.25, 0.3) is 15.6 Å². The van der Waals surface area contributed by atoms with Crippen molar-refractivity contribution in [3.8, 4) is 11.1 Å². The summed E-state index contributed by atoms with van der Waals surface area (Å²) in [6.45, 7) is 14.2. The lowest BCUT2D eigenvalue weighted by Gasteiger charge is -2.49. The van der Waals surface area contributed by atoms with Gasteiger partial charge in [0.05, 0.1) is 28.8 Å². The molecule has 65 heavy (non-hydrogen) atoms. The number of piperazine rings is 1. The number of benzene rings is 3. The van der Waals surface area contributed by atoms with Crippen molar-refractivity contribution in [1.29, 1.82) is 0 Å². The number of nitrogens with zero attached hydrogens (tertiary/aromatic N) is 7. The third kappa shape index (κ3) is 8.43. The highest BCUT2D eigenvalue weighted by molar-refractivity contribution is 7.90. The largest absolute Gasteiger partial charge is 0.444 e. The molecule has 9 rings (SSSR count). The van der Waals surface area contributed by atoms with Crippen molar-refractivity contribution in [2.45, 2.75) is 108 Å². The van der Waals surface area contributed by atoms with Crippen molar-refractivity contribution < 1.29 is 27.8 Å². The van der Waals surface area contributed by atoms with Crippen molar-refractivity contribution >= 4 is 43.9 Å². The summed E-state index contributed by atoms with van der Waals surface area (Å²) in [4.78, 5) is 44.2. The van der Waals surface area contributed by atoms with Crippen molar-refractivity contribution in [3.05, 3.63) is 118 Å². The molecule has 2 saturated heterocycles. The Morgan fingerprint density at radius 1 is 0.877 bits per heavy atom. The second kappa shape index (κ2) is 17.0. The SMILES string of the molecule is Cc1ccc(S(=O)(=O)n2ccc3c(-c4ccc5nc(N6CCC(N7C[C@@H](C)N(C(=O)OC(C)(C)C)C[C@@H]7C)CC6)nc([C@@](CO)(OC6CC6)c6ccccc6)c5c4)cn(C)c(=O)c32)cc1. The molecule has 3 aromatic heterocycles. The maximum Gasteiger partial charge on any atom is 0.410 e. The Labute approximate surface area is 380 Å². The van der Waals surface area contributed by atoms with E-state index >= 15 is 0 Å². The fourth-order valence-corrected chi connectivity index (χ4v) is 10.9. The molecule has 1 saturated carbocycles. The average molecular weight is 902 g/mol. The number of hydrogen-bond acceptors (Lipinski definition) is 11. The Morgan fingerprint density at radius 3 is 2.25 bits per heavy atom. The molecule has 5 heterocycles. The smallest absolute Gasteiger partial charge is 0.410 e. The molecule has 0 spiro atoms. The Hall–Kier alpha value is -5.61. The quantitative estimate of drug-likeness (QED) is 0.149. The summed E-state index contributed by atoms with van der Waals surface area (Å²) >= 11 is 0. The van der Waals surface area contributed by atoms with E-state index in [0.717, 1.165) is 47.3 Å². The standard InChI is InChI=1S/C50H59N7O7S/c1-32-13-18-39(19-14-32)65(61,62)57-26-23-40-42(30-53(7)46(59)44(40)57)35-15-20-43-41(27-35)45(50(31-58,63-38-16-17-38)36-11-9-8-10-12-36)52-47(51-43)54-24-21-37(22-25-54)55-28-34(3)56(29-33(55)2)48(60)64-49(4,5)6/h8-15,18-20,23,26-27,30,33-34,37-38,58H,16-17,21-22,24-25,28-29,31H2,1-7H3/t33-,34+,50-/m0/s1. The Bertz CT molecular complexity index is 2920. The van der Waals surface area contributed by atoms with Gasteiger partial charge >= 0.3 is 6.09 Å². The number of aryl methyl sites for hydroxylation is 2. The molecule has 6 aromatic rings. The molecule has 14 nitrogen and oxygen atoms in total. The first-order chi connectivity index (χ1) is 31.0. The number of anilines is 1. The van der Waals surface area contributed by atoms with Crippen LogP contribution < -0.4 is 10.5 Å². The zero-order chi connectivity index (χ0) is 46.0. The zero-order valence-corrected chi connectivity index (χ0v) is 39.1. The minimum Gasteiger partial charge on any atom is -0.444 e. The normalized spacial score (nSPS) is 20.1. The highest BCUT2D eigenvalue weighted by Gasteiger charge is 2.44. The fraction of sp³-hybridized carbons (Fsp3) is 0.440. The lowest BCUT2D eigenvalue weighted by atomic mass is 9.87. The predicted molar refractivity (Wildman–Crippen MR) is 252 cm³/mol. The lowest BCUT2D eigenvalue weighted by Crippen LogP contribution is -2.62. The van der Waals surface area contributed by atoms with Gasteiger partial charge in [-0.05, 0) is 109 Å². The first-order valence-electron chi connectivity index (χ1n) is 22.7. The number of carbonyl (C=O) groups is 1. The first-order valence-corrected chi connectivity index (χ1v) is 24.1. The van der Waals surface area contributed by atoms with Crippen LogP contribution in [0.15, 0.2) is 101 Å². The van der Waals surface area contributed by atoms with Crippen LogP contribution in [-0.2, 0) is 32.1 Å². The van der Waals surface area contributed by atoms with Crippen LogP contribution in [-0.4, -0.2) is 111 Å². The molecule has 342 valence electrons. The van der Waals surface area contributed by atoms with Crippen LogP contribution in [0.3, 0.4) is 0 Å². The molecule has 1 amide bonds. The molecule has 3 atom stereocenters. The number of aliphatic hydroxyl groups excluding tert-OH is 1. The van der Waals surface area contributed by atoms with Gasteiger partial charge in [0, 0.05) is 80.1 Å². The van der Waals surface area contributed by atoms with Crippen LogP contribution in [0.2, 0.25) is 0 Å². The minimum atomic E-state index is -4.11. The van der Waals surface area contributed by atoms with Gasteiger partial charge in [0.2, 0.25) is 5.95 Å². The van der Waals surface area contributed by atoms with Gasteiger partial charge < -0.3 is 28.9 Å². The summed E-state index contributed by atoms with van der Waals surface area (Å²) in [5.41, 5.74) is 1.93. The van der Waals surface area contributed by atoms with Gasteiger partial charge in [-0.2, -0.15) is 0 Å². The van der Waals surface area contributed by atoms with E-state index in [1.807, 2.05) is 81.1 Å². The van der Waals surface area contributed by atoms with Crippen LogP contribution in [0.5, 0.6) is 0 Å². The minimum absolute atomic E-state index is 0.00915. The van der Waals surface area contributed by atoms with E-state index in [1.54, 1.807) is 43.6 Å². The molecule has 3 aromatic carbocycles. The van der Waals surface area contributed by atoms with Gasteiger partial charge in [-0.15, -0.1) is 0 Å². The van der Waals surface area contributed by atoms with Gasteiger partial charge in [-0.1, -0.05) is 54.1 Å². The summed E-state index contributed by atoms with van der Waals surface area (Å²) in [6.07, 6.45) is 6.32. The third-order valence-corrected chi connectivity index (χ3v) is 14.9. The molecule has 0 bridgehead atoms. The number of ether oxygens (including phenoxy) is 2. The summed E-state index contributed by atoms with van der Waals surface area (Å²) in [5, 5.41) is 12.7. The number of hydrogen-bond donors (Lipinski definition) is 1. The highest BCUT2D eigenvalue weighted by atomic mass is 32.2. The van der Waals surface area contributed by atoms with E-state index in [0.29, 0.717) is 64.7 Å². The topological polar surface area (TPSA) is 152 Å². The molecule has 15 heteroatoms. The van der Waals surface area contributed by atoms with Crippen LogP contribution in [0.25, 0.3) is 32.9 Å². The summed E-state index contributed by atoms with van der Waals surface area (Å²) in [6, 6.07) is 24.3. The molecule has 0 unspecified atom stereocenters. The monoisotopic (exact) mass is 901 g/mol. The van der Waals surface area contributed by atoms with Crippen LogP contribution >= 0.6 is 0 Å². The lowest BCUT2D eigenvalue weighted by molar-refractivity contribution is -0.0672. The molecule has 1 N–H and O–H groups in total. The molecule has 2 aliphatic heterocycles. The maximum absolute atomic E-state index is 14.0. The second-order valence-corrected chi connectivity index (χ2v) is 21.0. The number of carbonyl (C=O) groups excluding carboxylic acids is 1. The van der Waals surface area contributed by atoms with E-state index in [-0.39, 0.29) is 41.3 Å². The Kier molecular flexibility index (Phi) is 11.7. The number of aliphatic hydroxyl groups is 1. The van der Waals surface area contributed by atoms with Gasteiger partial charge in [-0.25, -0.2) is 27.2 Å². The number of pyridine rings is 1. The van der Waals surface area contributed by atoms with Crippen molar-refractivity contribution in [2.24, 2.45) is 7.05 Å². The number of piperidine rings is 1. The van der Waals surface area contributed by atoms with E-state index < -0.39 is 26.8 Å². The molecule has 0 radical (unpaired) electrons. The van der Waals surface area contributed by atoms with Crippen molar-refractivity contribution in [1.82, 2.24) is 28.3 Å². The Balaban J connectivity index is 1.10. The summed E-state index contributed by atoms with van der Waals surface area (Å²) < 4.78 is 43.2. The zero-order valence-electron chi connectivity index (χ0n) is 38.3. The number of aromatic nitrogens is 4. The van der Waals surface area contributed by atoms with E-state index in [1.165, 1.54) is 10.8 Å². The van der Waals surface area contributed by atoms with Gasteiger partial charge in [0.15, 0.2) is 5.60 Å². The van der Waals surface area contributed by atoms with E-state index in [9.17, 15) is 23.1 Å². The second-order valence-electron chi connectivity index (χ2n) is 19.2. The molecule has 3 fully saturated rings. The summed E-state index contributed by atoms with van der Waals surface area (Å²) in [7, 11) is -2.49. The van der Waals surface area contributed by atoms with Crippen LogP contribution in [0, 0.1) is 6.92 Å². The van der Waals surface area contributed by atoms with E-state index in [2.05, 4.69) is 23.6 Å². The van der Waals surface area contributed by atoms with Gasteiger partial charge in [-0.3, -0.25) is 9.69 Å². The maximum atomic E-state index is 14.0. The Morgan fingerprint density at radius 2 is 1.58 bits per heavy atom. The first kappa shape index (κ1) is 44.6. The average Bonchev–Trinajstić information content (AvgIpc) is 3.99. The van der Waals surface area contributed by atoms with E-state index in [4.69, 9.17) is 19.4 Å². The molecular weight excluding hydrogens is 843 g/mol. The molecule has 1 aliphatic carbocycles. The van der Waals surface area contributed by atoms with Crippen molar-refractivity contribution in [3.63, 3.8) is 0 Å². The predicted octanol–water partition coefficient (Wildman–Crippen LogP) is 7.21. The molecule has 3 aliphatic rings.